The quantitative estimate of drug-likeness (QED) is 0.706. The van der Waals surface area contributed by atoms with Crippen LogP contribution in [0, 0.1) is 6.92 Å². The van der Waals surface area contributed by atoms with Crippen molar-refractivity contribution >= 4 is 40.1 Å². The number of fused-ring (bicyclic) bond motifs is 2. The molecule has 0 aliphatic carbocycles. The van der Waals surface area contributed by atoms with Crippen molar-refractivity contribution in [2.75, 3.05) is 0 Å². The van der Waals surface area contributed by atoms with Gasteiger partial charge < -0.3 is 9.73 Å². The second-order valence-electron chi connectivity index (χ2n) is 5.73. The van der Waals surface area contributed by atoms with Crippen LogP contribution in [-0.4, -0.2) is 5.91 Å². The van der Waals surface area contributed by atoms with Crippen LogP contribution in [-0.2, 0) is 0 Å². The Labute approximate surface area is 147 Å². The van der Waals surface area contributed by atoms with E-state index in [0.29, 0.717) is 21.0 Å². The lowest BCUT2D eigenvalue weighted by molar-refractivity contribution is 0.0938. The number of halogens is 2. The molecule has 1 unspecified atom stereocenters. The number of aryl methyl sites for hydroxylation is 1. The van der Waals surface area contributed by atoms with Gasteiger partial charge >= 0.3 is 0 Å². The summed E-state index contributed by atoms with van der Waals surface area (Å²) in [5.41, 5.74) is 1.87. The Hall–Kier alpha value is -2.30. The van der Waals surface area contributed by atoms with Crippen molar-refractivity contribution in [1.82, 2.24) is 5.32 Å². The number of rotatable bonds is 1. The van der Waals surface area contributed by atoms with E-state index in [-0.39, 0.29) is 16.8 Å². The Bertz CT molecular complexity index is 1070. The zero-order chi connectivity index (χ0) is 17.0. The summed E-state index contributed by atoms with van der Waals surface area (Å²) in [7, 11) is 0. The number of nitrogens with one attached hydrogen (secondary N) is 1. The fourth-order valence-corrected chi connectivity index (χ4v) is 3.33. The highest BCUT2D eigenvalue weighted by Crippen LogP contribution is 2.33. The average molecular weight is 360 g/mol. The summed E-state index contributed by atoms with van der Waals surface area (Å²) in [5.74, 6) is -0.374. The first kappa shape index (κ1) is 15.2. The van der Waals surface area contributed by atoms with Crippen molar-refractivity contribution in [3.8, 4) is 0 Å². The first-order valence-electron chi connectivity index (χ1n) is 7.29. The molecule has 3 aromatic rings. The van der Waals surface area contributed by atoms with Crippen LogP contribution in [0.4, 0.5) is 0 Å². The van der Waals surface area contributed by atoms with E-state index in [1.54, 1.807) is 36.4 Å². The van der Waals surface area contributed by atoms with Crippen molar-refractivity contribution in [3.63, 3.8) is 0 Å². The van der Waals surface area contributed by atoms with Crippen LogP contribution in [0.25, 0.3) is 11.0 Å². The van der Waals surface area contributed by atoms with Gasteiger partial charge in [0, 0.05) is 10.0 Å². The average Bonchev–Trinajstić information content (AvgIpc) is 2.87. The van der Waals surface area contributed by atoms with Crippen LogP contribution in [0.5, 0.6) is 0 Å². The predicted octanol–water partition coefficient (Wildman–Crippen LogP) is 4.24. The van der Waals surface area contributed by atoms with E-state index in [2.05, 4.69) is 5.32 Å². The highest BCUT2D eigenvalue weighted by molar-refractivity contribution is 6.32. The van der Waals surface area contributed by atoms with Gasteiger partial charge in [0.1, 0.15) is 5.58 Å². The van der Waals surface area contributed by atoms with Crippen LogP contribution >= 0.6 is 23.2 Å². The van der Waals surface area contributed by atoms with E-state index in [4.69, 9.17) is 27.6 Å². The second kappa shape index (κ2) is 5.36. The molecular formula is C18H11Cl2NO3. The molecule has 0 saturated carbocycles. The van der Waals surface area contributed by atoms with E-state index < -0.39 is 11.9 Å². The molecule has 2 aromatic carbocycles. The molecule has 24 heavy (non-hydrogen) atoms. The third-order valence-corrected chi connectivity index (χ3v) is 4.80. The molecule has 120 valence electrons. The van der Waals surface area contributed by atoms with Gasteiger partial charge in [0.05, 0.1) is 17.0 Å². The standard InChI is InChI=1S/C18H11Cl2NO3/c1-8-5-13-11(7-12(8)20)16(22)14-15(21-18(23)17(14)24-13)9-3-2-4-10(19)6-9/h2-7,15H,1H3,(H,21,23). The van der Waals surface area contributed by atoms with Gasteiger partial charge in [-0.15, -0.1) is 0 Å². The van der Waals surface area contributed by atoms with Gasteiger partial charge in [0.2, 0.25) is 5.76 Å². The Balaban J connectivity index is 2.02. The molecule has 1 aliphatic rings. The Morgan fingerprint density at radius 2 is 1.92 bits per heavy atom. The van der Waals surface area contributed by atoms with E-state index in [1.165, 1.54) is 0 Å². The molecule has 2 heterocycles. The molecule has 0 saturated heterocycles. The molecule has 4 rings (SSSR count). The number of carbonyl (C=O) groups excluding carboxylic acids is 1. The van der Waals surface area contributed by atoms with E-state index in [1.807, 2.05) is 6.92 Å². The highest BCUT2D eigenvalue weighted by Gasteiger charge is 2.36. The lowest BCUT2D eigenvalue weighted by atomic mass is 9.99. The zero-order valence-corrected chi connectivity index (χ0v) is 14.0. The van der Waals surface area contributed by atoms with E-state index in [0.717, 1.165) is 11.1 Å². The molecule has 1 aliphatic heterocycles. The summed E-state index contributed by atoms with van der Waals surface area (Å²) >= 11 is 12.2. The number of benzene rings is 2. The summed E-state index contributed by atoms with van der Waals surface area (Å²) in [6.45, 7) is 1.81. The summed E-state index contributed by atoms with van der Waals surface area (Å²) in [5, 5.41) is 4.14. The minimum atomic E-state index is -0.591. The Kier molecular flexibility index (Phi) is 3.41. The molecule has 0 bridgehead atoms. The van der Waals surface area contributed by atoms with Gasteiger partial charge in [-0.2, -0.15) is 0 Å². The van der Waals surface area contributed by atoms with Gasteiger partial charge in [-0.1, -0.05) is 35.3 Å². The van der Waals surface area contributed by atoms with Crippen molar-refractivity contribution < 1.29 is 9.21 Å². The van der Waals surface area contributed by atoms with E-state index in [9.17, 15) is 9.59 Å². The monoisotopic (exact) mass is 359 g/mol. The SMILES string of the molecule is Cc1cc2oc3c(c(=O)c2cc1Cl)C(c1cccc(Cl)c1)NC3=O. The predicted molar refractivity (Wildman–Crippen MR) is 93.0 cm³/mol. The van der Waals surface area contributed by atoms with Crippen LogP contribution in [0.3, 0.4) is 0 Å². The van der Waals surface area contributed by atoms with Gasteiger partial charge in [-0.3, -0.25) is 9.59 Å². The number of carbonyl (C=O) groups is 1. The minimum Gasteiger partial charge on any atom is -0.450 e. The summed E-state index contributed by atoms with van der Waals surface area (Å²) in [6, 6.07) is 9.67. The largest absolute Gasteiger partial charge is 0.450 e. The second-order valence-corrected chi connectivity index (χ2v) is 6.58. The van der Waals surface area contributed by atoms with Crippen LogP contribution in [0.15, 0.2) is 45.6 Å². The number of hydrogen-bond donors (Lipinski definition) is 1. The Morgan fingerprint density at radius 3 is 2.67 bits per heavy atom. The molecule has 0 spiro atoms. The first-order valence-corrected chi connectivity index (χ1v) is 8.04. The van der Waals surface area contributed by atoms with Crippen LogP contribution in [0.1, 0.15) is 33.3 Å². The fraction of sp³-hybridized carbons (Fsp3) is 0.111. The third-order valence-electron chi connectivity index (χ3n) is 4.16. The Morgan fingerprint density at radius 1 is 1.12 bits per heavy atom. The molecule has 1 amide bonds. The van der Waals surface area contributed by atoms with Gasteiger partial charge in [0.15, 0.2) is 5.43 Å². The first-order chi connectivity index (χ1) is 11.5. The molecular weight excluding hydrogens is 349 g/mol. The summed E-state index contributed by atoms with van der Waals surface area (Å²) < 4.78 is 5.71. The van der Waals surface area contributed by atoms with Gasteiger partial charge in [-0.05, 0) is 42.3 Å². The van der Waals surface area contributed by atoms with Crippen LogP contribution < -0.4 is 10.7 Å². The van der Waals surface area contributed by atoms with Crippen molar-refractivity contribution in [3.05, 3.63) is 79.1 Å². The highest BCUT2D eigenvalue weighted by atomic mass is 35.5. The fourth-order valence-electron chi connectivity index (χ4n) is 2.97. The van der Waals surface area contributed by atoms with Crippen molar-refractivity contribution in [2.24, 2.45) is 0 Å². The van der Waals surface area contributed by atoms with E-state index >= 15 is 0 Å². The van der Waals surface area contributed by atoms with Gasteiger partial charge in [0.25, 0.3) is 5.91 Å². The number of amides is 1. The smallest absolute Gasteiger partial charge is 0.288 e. The molecule has 0 radical (unpaired) electrons. The molecule has 1 atom stereocenters. The number of hydrogen-bond acceptors (Lipinski definition) is 3. The normalized spacial score (nSPS) is 16.3. The molecule has 6 heteroatoms. The maximum absolute atomic E-state index is 13.0. The summed E-state index contributed by atoms with van der Waals surface area (Å²) in [4.78, 5) is 25.2. The molecule has 1 N–H and O–H groups in total. The van der Waals surface area contributed by atoms with Crippen molar-refractivity contribution in [1.29, 1.82) is 0 Å². The maximum Gasteiger partial charge on any atom is 0.288 e. The van der Waals surface area contributed by atoms with Crippen molar-refractivity contribution in [2.45, 2.75) is 13.0 Å². The minimum absolute atomic E-state index is 0.0409. The maximum atomic E-state index is 13.0. The third kappa shape index (κ3) is 2.22. The zero-order valence-electron chi connectivity index (χ0n) is 12.5. The molecule has 4 nitrogen and oxygen atoms in total. The van der Waals surface area contributed by atoms with Gasteiger partial charge in [-0.25, -0.2) is 0 Å². The molecule has 1 aromatic heterocycles. The lowest BCUT2D eigenvalue weighted by Crippen LogP contribution is -2.21. The summed E-state index contributed by atoms with van der Waals surface area (Å²) in [6.07, 6.45) is 0. The molecule has 0 fully saturated rings. The lowest BCUT2D eigenvalue weighted by Gasteiger charge is -2.12. The topological polar surface area (TPSA) is 59.3 Å². The van der Waals surface area contributed by atoms with Crippen LogP contribution in [0.2, 0.25) is 10.0 Å².